The quantitative estimate of drug-likeness (QED) is 0.836. The first-order valence-electron chi connectivity index (χ1n) is 7.98. The lowest BCUT2D eigenvalue weighted by molar-refractivity contribution is 0.103. The fourth-order valence-corrected chi connectivity index (χ4v) is 3.03. The molecule has 0 spiro atoms. The van der Waals surface area contributed by atoms with Crippen molar-refractivity contribution in [3.05, 3.63) is 70.0 Å². The van der Waals surface area contributed by atoms with Crippen LogP contribution in [0.3, 0.4) is 0 Å². The zero-order valence-electron chi connectivity index (χ0n) is 14.4. The predicted molar refractivity (Wildman–Crippen MR) is 99.2 cm³/mol. The summed E-state index contributed by atoms with van der Waals surface area (Å²) in [6.07, 6.45) is 4.29. The van der Waals surface area contributed by atoms with E-state index in [1.54, 1.807) is 31.4 Å². The number of allylic oxidation sites excluding steroid dienone is 1. The smallest absolute Gasteiger partial charge is 0.209 e. The van der Waals surface area contributed by atoms with Gasteiger partial charge in [0, 0.05) is 36.9 Å². The van der Waals surface area contributed by atoms with E-state index in [9.17, 15) is 4.79 Å². The number of benzene rings is 1. The zero-order chi connectivity index (χ0) is 18.0. The monoisotopic (exact) mass is 357 g/mol. The standard InChI is InChI=1S/C19H20ClN3O2/c1-12-10-16(11-15-8-9-17(25-3)22-21-15)23(2)18(12)19(24)13-4-6-14(20)7-5-13/h4-10,17,22H,11H2,1-3H3. The van der Waals surface area contributed by atoms with E-state index >= 15 is 0 Å². The van der Waals surface area contributed by atoms with E-state index in [1.807, 2.05) is 36.8 Å². The van der Waals surface area contributed by atoms with Gasteiger partial charge in [-0.25, -0.2) is 0 Å². The number of ketones is 1. The number of hydrazone groups is 1. The van der Waals surface area contributed by atoms with Crippen LogP contribution in [-0.2, 0) is 18.2 Å². The maximum absolute atomic E-state index is 12.8. The van der Waals surface area contributed by atoms with Crippen LogP contribution >= 0.6 is 11.6 Å². The minimum Gasteiger partial charge on any atom is -0.357 e. The normalized spacial score (nSPS) is 16.5. The Bertz CT molecular complexity index is 850. The molecule has 1 aromatic heterocycles. The molecular weight excluding hydrogens is 338 g/mol. The molecule has 1 atom stereocenters. The largest absolute Gasteiger partial charge is 0.357 e. The number of hydrogen-bond acceptors (Lipinski definition) is 4. The van der Waals surface area contributed by atoms with Crippen molar-refractivity contribution in [3.8, 4) is 0 Å². The van der Waals surface area contributed by atoms with Crippen LogP contribution in [0, 0.1) is 6.92 Å². The van der Waals surface area contributed by atoms with Crippen molar-refractivity contribution in [2.75, 3.05) is 7.11 Å². The Balaban J connectivity index is 1.84. The number of rotatable bonds is 5. The number of methoxy groups -OCH3 is 1. The highest BCUT2D eigenvalue weighted by Crippen LogP contribution is 2.20. The molecule has 0 bridgehead atoms. The number of hydrogen-bond donors (Lipinski definition) is 1. The number of nitrogens with one attached hydrogen (secondary N) is 1. The third kappa shape index (κ3) is 3.67. The second-order valence-electron chi connectivity index (χ2n) is 5.99. The van der Waals surface area contributed by atoms with Crippen LogP contribution in [-0.4, -0.2) is 29.4 Å². The van der Waals surface area contributed by atoms with Crippen LogP contribution in [0.5, 0.6) is 0 Å². The Morgan fingerprint density at radius 3 is 2.68 bits per heavy atom. The van der Waals surface area contributed by atoms with E-state index in [0.29, 0.717) is 22.7 Å². The lowest BCUT2D eigenvalue weighted by atomic mass is 10.1. The predicted octanol–water partition coefficient (Wildman–Crippen LogP) is 3.25. The molecule has 2 heterocycles. The van der Waals surface area contributed by atoms with Crippen molar-refractivity contribution in [3.63, 3.8) is 0 Å². The molecule has 25 heavy (non-hydrogen) atoms. The third-order valence-corrected chi connectivity index (χ3v) is 4.51. The number of ether oxygens (including phenoxy) is 1. The molecule has 130 valence electrons. The molecule has 1 aromatic carbocycles. The zero-order valence-corrected chi connectivity index (χ0v) is 15.2. The van der Waals surface area contributed by atoms with Crippen molar-refractivity contribution >= 4 is 23.1 Å². The van der Waals surface area contributed by atoms with Crippen LogP contribution in [0.25, 0.3) is 0 Å². The van der Waals surface area contributed by atoms with Gasteiger partial charge in [-0.3, -0.25) is 10.2 Å². The molecule has 1 aliphatic rings. The van der Waals surface area contributed by atoms with Gasteiger partial charge in [0.05, 0.1) is 11.4 Å². The Kier molecular flexibility index (Phi) is 5.06. The topological polar surface area (TPSA) is 55.6 Å². The van der Waals surface area contributed by atoms with Crippen molar-refractivity contribution in [1.29, 1.82) is 0 Å². The Labute approximate surface area is 151 Å². The number of aromatic nitrogens is 1. The molecule has 1 N–H and O–H groups in total. The first-order chi connectivity index (χ1) is 12.0. The van der Waals surface area contributed by atoms with Gasteiger partial charge in [0.2, 0.25) is 5.78 Å². The summed E-state index contributed by atoms with van der Waals surface area (Å²) < 4.78 is 7.10. The van der Waals surface area contributed by atoms with Crippen LogP contribution in [0.15, 0.2) is 47.6 Å². The summed E-state index contributed by atoms with van der Waals surface area (Å²) in [5, 5.41) is 4.93. The van der Waals surface area contributed by atoms with Crippen LogP contribution in [0.1, 0.15) is 27.3 Å². The summed E-state index contributed by atoms with van der Waals surface area (Å²) in [5.74, 6) is -0.0124. The molecule has 2 aromatic rings. The molecule has 5 nitrogen and oxygen atoms in total. The van der Waals surface area contributed by atoms with E-state index in [1.165, 1.54) is 0 Å². The minimum absolute atomic E-state index is 0.0124. The van der Waals surface area contributed by atoms with E-state index in [2.05, 4.69) is 10.5 Å². The summed E-state index contributed by atoms with van der Waals surface area (Å²) in [5.41, 5.74) is 7.09. The van der Waals surface area contributed by atoms with Gasteiger partial charge in [0.15, 0.2) is 6.23 Å². The third-order valence-electron chi connectivity index (χ3n) is 4.26. The second-order valence-corrected chi connectivity index (χ2v) is 6.42. The molecule has 0 amide bonds. The lowest BCUT2D eigenvalue weighted by Crippen LogP contribution is -2.29. The van der Waals surface area contributed by atoms with Crippen molar-refractivity contribution < 1.29 is 9.53 Å². The van der Waals surface area contributed by atoms with Crippen molar-refractivity contribution in [2.45, 2.75) is 19.6 Å². The summed E-state index contributed by atoms with van der Waals surface area (Å²) in [6, 6.07) is 8.99. The molecular formula is C19H20ClN3O2. The molecule has 3 rings (SSSR count). The van der Waals surface area contributed by atoms with Crippen LogP contribution < -0.4 is 5.43 Å². The van der Waals surface area contributed by atoms with Gasteiger partial charge in [0.25, 0.3) is 0 Å². The first-order valence-corrected chi connectivity index (χ1v) is 8.36. The fourth-order valence-electron chi connectivity index (χ4n) is 2.90. The molecule has 0 aliphatic carbocycles. The number of carbonyl (C=O) groups excluding carboxylic acids is 1. The van der Waals surface area contributed by atoms with Gasteiger partial charge in [0.1, 0.15) is 0 Å². The summed E-state index contributed by atoms with van der Waals surface area (Å²) >= 11 is 5.91. The number of aryl methyl sites for hydroxylation is 1. The highest BCUT2D eigenvalue weighted by atomic mass is 35.5. The van der Waals surface area contributed by atoms with Crippen molar-refractivity contribution in [2.24, 2.45) is 12.1 Å². The highest BCUT2D eigenvalue weighted by molar-refractivity contribution is 6.30. The molecule has 0 fully saturated rings. The molecule has 0 saturated carbocycles. The van der Waals surface area contributed by atoms with Gasteiger partial charge < -0.3 is 9.30 Å². The number of carbonyl (C=O) groups is 1. The average Bonchev–Trinajstić information content (AvgIpc) is 2.89. The van der Waals surface area contributed by atoms with Gasteiger partial charge in [-0.15, -0.1) is 0 Å². The first kappa shape index (κ1) is 17.5. The summed E-state index contributed by atoms with van der Waals surface area (Å²) in [7, 11) is 3.53. The molecule has 6 heteroatoms. The Hall–Kier alpha value is -2.37. The fraction of sp³-hybridized carbons (Fsp3) is 0.263. The lowest BCUT2D eigenvalue weighted by Gasteiger charge is -2.16. The maximum atomic E-state index is 12.8. The van der Waals surface area contributed by atoms with Gasteiger partial charge in [-0.2, -0.15) is 5.10 Å². The summed E-state index contributed by atoms with van der Waals surface area (Å²) in [4.78, 5) is 12.8. The van der Waals surface area contributed by atoms with E-state index < -0.39 is 0 Å². The molecule has 1 aliphatic heterocycles. The van der Waals surface area contributed by atoms with E-state index in [-0.39, 0.29) is 12.0 Å². The summed E-state index contributed by atoms with van der Waals surface area (Å²) in [6.45, 7) is 1.95. The Morgan fingerprint density at radius 2 is 2.08 bits per heavy atom. The molecule has 0 saturated heterocycles. The highest BCUT2D eigenvalue weighted by Gasteiger charge is 2.19. The van der Waals surface area contributed by atoms with Crippen molar-refractivity contribution in [1.82, 2.24) is 9.99 Å². The van der Waals surface area contributed by atoms with Crippen LogP contribution in [0.2, 0.25) is 5.02 Å². The van der Waals surface area contributed by atoms with Crippen LogP contribution in [0.4, 0.5) is 0 Å². The van der Waals surface area contributed by atoms with Gasteiger partial charge in [-0.1, -0.05) is 11.6 Å². The Morgan fingerprint density at radius 1 is 1.36 bits per heavy atom. The van der Waals surface area contributed by atoms with Gasteiger partial charge in [-0.05, 0) is 55.0 Å². The van der Waals surface area contributed by atoms with E-state index in [4.69, 9.17) is 16.3 Å². The average molecular weight is 358 g/mol. The van der Waals surface area contributed by atoms with E-state index in [0.717, 1.165) is 17.0 Å². The maximum Gasteiger partial charge on any atom is 0.209 e. The number of halogens is 1. The minimum atomic E-state index is -0.194. The molecule has 0 radical (unpaired) electrons. The van der Waals surface area contributed by atoms with Gasteiger partial charge >= 0.3 is 0 Å². The number of nitrogens with zero attached hydrogens (tertiary/aromatic N) is 2. The molecule has 1 unspecified atom stereocenters. The SMILES string of the molecule is COC1C=CC(Cc2cc(C)c(C(=O)c3ccc(Cl)cc3)n2C)=NN1. The second kappa shape index (κ2) is 7.25.